The monoisotopic (exact) mass is 346 g/mol. The first-order valence-electron chi connectivity index (χ1n) is 5.62. The quantitative estimate of drug-likeness (QED) is 0.640. The summed E-state index contributed by atoms with van der Waals surface area (Å²) in [6, 6.07) is 6.47. The summed E-state index contributed by atoms with van der Waals surface area (Å²) in [7, 11) is 0. The van der Waals surface area contributed by atoms with Crippen molar-refractivity contribution in [3.63, 3.8) is 0 Å². The minimum Gasteiger partial charge on any atom is -0.271 e. The molecule has 16 heavy (non-hydrogen) atoms. The fourth-order valence-electron chi connectivity index (χ4n) is 2.13. The van der Waals surface area contributed by atoms with Gasteiger partial charge in [0.25, 0.3) is 0 Å². The van der Waals surface area contributed by atoms with Gasteiger partial charge in [0.05, 0.1) is 0 Å². The summed E-state index contributed by atoms with van der Waals surface area (Å²) < 4.78 is 2.22. The molecule has 0 spiro atoms. The molecule has 1 aliphatic carbocycles. The zero-order chi connectivity index (χ0) is 11.5. The lowest BCUT2D eigenvalue weighted by Gasteiger charge is -2.30. The Morgan fingerprint density at radius 2 is 2.12 bits per heavy atom. The molecule has 2 rings (SSSR count). The van der Waals surface area contributed by atoms with Gasteiger partial charge in [-0.15, -0.1) is 0 Å². The second-order valence-corrected chi connectivity index (χ2v) is 6.19. The van der Waals surface area contributed by atoms with Crippen molar-refractivity contribution in [1.82, 2.24) is 5.43 Å². The molecule has 2 nitrogen and oxygen atoms in total. The van der Waals surface area contributed by atoms with Crippen LogP contribution in [0, 0.1) is 5.92 Å². The molecule has 4 heteroatoms. The van der Waals surface area contributed by atoms with Gasteiger partial charge in [0, 0.05) is 15.0 Å². The van der Waals surface area contributed by atoms with E-state index in [1.165, 1.54) is 24.8 Å². The SMILES string of the molecule is NNC(CC1CCC1)c1cc(Br)ccc1Br. The average Bonchev–Trinajstić information content (AvgIpc) is 2.21. The van der Waals surface area contributed by atoms with Crippen molar-refractivity contribution < 1.29 is 0 Å². The maximum atomic E-state index is 5.66. The largest absolute Gasteiger partial charge is 0.271 e. The highest BCUT2D eigenvalue weighted by molar-refractivity contribution is 9.11. The van der Waals surface area contributed by atoms with E-state index in [4.69, 9.17) is 5.84 Å². The van der Waals surface area contributed by atoms with Crippen LogP contribution in [0.3, 0.4) is 0 Å². The lowest BCUT2D eigenvalue weighted by Crippen LogP contribution is -2.31. The van der Waals surface area contributed by atoms with E-state index < -0.39 is 0 Å². The highest BCUT2D eigenvalue weighted by atomic mass is 79.9. The molecule has 1 saturated carbocycles. The molecule has 0 aliphatic heterocycles. The van der Waals surface area contributed by atoms with Crippen molar-refractivity contribution >= 4 is 31.9 Å². The number of rotatable bonds is 4. The van der Waals surface area contributed by atoms with Crippen LogP contribution >= 0.6 is 31.9 Å². The highest BCUT2D eigenvalue weighted by Crippen LogP contribution is 2.37. The minimum atomic E-state index is 0.247. The number of hydrogen-bond acceptors (Lipinski definition) is 2. The molecular formula is C12H16Br2N2. The summed E-state index contributed by atoms with van der Waals surface area (Å²) in [6.07, 6.45) is 5.21. The summed E-state index contributed by atoms with van der Waals surface area (Å²) in [6.45, 7) is 0. The van der Waals surface area contributed by atoms with Crippen LogP contribution in [-0.2, 0) is 0 Å². The Morgan fingerprint density at radius 3 is 2.69 bits per heavy atom. The minimum absolute atomic E-state index is 0.247. The van der Waals surface area contributed by atoms with Crippen LogP contribution in [0.4, 0.5) is 0 Å². The first-order valence-corrected chi connectivity index (χ1v) is 7.20. The molecule has 3 N–H and O–H groups in total. The fourth-order valence-corrected chi connectivity index (χ4v) is 3.03. The maximum Gasteiger partial charge on any atom is 0.0474 e. The molecule has 1 aliphatic rings. The number of nitrogens with two attached hydrogens (primary N) is 1. The van der Waals surface area contributed by atoms with Crippen LogP contribution < -0.4 is 11.3 Å². The molecule has 1 aromatic rings. The Bertz CT molecular complexity index is 364. The van der Waals surface area contributed by atoms with E-state index in [1.807, 2.05) is 6.07 Å². The van der Waals surface area contributed by atoms with Crippen molar-refractivity contribution in [3.8, 4) is 0 Å². The van der Waals surface area contributed by atoms with Crippen LogP contribution in [0.25, 0.3) is 0 Å². The van der Waals surface area contributed by atoms with Crippen molar-refractivity contribution in [2.75, 3.05) is 0 Å². The van der Waals surface area contributed by atoms with E-state index >= 15 is 0 Å². The van der Waals surface area contributed by atoms with Crippen LogP contribution in [0.2, 0.25) is 0 Å². The van der Waals surface area contributed by atoms with Crippen molar-refractivity contribution in [3.05, 3.63) is 32.7 Å². The smallest absolute Gasteiger partial charge is 0.0474 e. The normalized spacial score (nSPS) is 18.2. The van der Waals surface area contributed by atoms with E-state index in [1.54, 1.807) is 0 Å². The third-order valence-electron chi connectivity index (χ3n) is 3.33. The molecule has 0 amide bonds. The molecule has 1 unspecified atom stereocenters. The second-order valence-electron chi connectivity index (χ2n) is 4.42. The molecule has 0 bridgehead atoms. The van der Waals surface area contributed by atoms with Gasteiger partial charge in [0.1, 0.15) is 0 Å². The molecular weight excluding hydrogens is 332 g/mol. The maximum absolute atomic E-state index is 5.66. The van der Waals surface area contributed by atoms with Crippen LogP contribution in [0.5, 0.6) is 0 Å². The van der Waals surface area contributed by atoms with Gasteiger partial charge in [0.15, 0.2) is 0 Å². The molecule has 0 heterocycles. The van der Waals surface area contributed by atoms with E-state index in [0.717, 1.165) is 21.3 Å². The van der Waals surface area contributed by atoms with Crippen molar-refractivity contribution in [1.29, 1.82) is 0 Å². The molecule has 1 atom stereocenters. The summed E-state index contributed by atoms with van der Waals surface area (Å²) in [4.78, 5) is 0. The van der Waals surface area contributed by atoms with Gasteiger partial charge in [-0.25, -0.2) is 0 Å². The Labute approximate surface area is 113 Å². The van der Waals surface area contributed by atoms with Crippen LogP contribution in [0.15, 0.2) is 27.1 Å². The zero-order valence-electron chi connectivity index (χ0n) is 9.05. The van der Waals surface area contributed by atoms with Gasteiger partial charge < -0.3 is 0 Å². The Kier molecular flexibility index (Phi) is 4.41. The Balaban J connectivity index is 2.14. The van der Waals surface area contributed by atoms with Gasteiger partial charge in [0.2, 0.25) is 0 Å². The third kappa shape index (κ3) is 2.86. The first kappa shape index (κ1) is 12.6. The fraction of sp³-hybridized carbons (Fsp3) is 0.500. The Hall–Kier alpha value is 0.1000. The molecule has 1 fully saturated rings. The first-order chi connectivity index (χ1) is 7.70. The van der Waals surface area contributed by atoms with E-state index in [0.29, 0.717) is 0 Å². The number of nitrogens with one attached hydrogen (secondary N) is 1. The van der Waals surface area contributed by atoms with Gasteiger partial charge in [-0.3, -0.25) is 11.3 Å². The molecule has 0 radical (unpaired) electrons. The summed E-state index contributed by atoms with van der Waals surface area (Å²) >= 11 is 7.09. The van der Waals surface area contributed by atoms with Gasteiger partial charge in [-0.1, -0.05) is 51.1 Å². The highest BCUT2D eigenvalue weighted by Gasteiger charge is 2.23. The lowest BCUT2D eigenvalue weighted by molar-refractivity contribution is 0.261. The summed E-state index contributed by atoms with van der Waals surface area (Å²) in [5.74, 6) is 6.50. The topological polar surface area (TPSA) is 38.0 Å². The van der Waals surface area contributed by atoms with E-state index in [9.17, 15) is 0 Å². The van der Waals surface area contributed by atoms with Crippen molar-refractivity contribution in [2.45, 2.75) is 31.7 Å². The molecule has 1 aromatic carbocycles. The van der Waals surface area contributed by atoms with Gasteiger partial charge >= 0.3 is 0 Å². The van der Waals surface area contributed by atoms with Gasteiger partial charge in [-0.05, 0) is 36.1 Å². The van der Waals surface area contributed by atoms with Gasteiger partial charge in [-0.2, -0.15) is 0 Å². The Morgan fingerprint density at radius 1 is 1.38 bits per heavy atom. The third-order valence-corrected chi connectivity index (χ3v) is 4.54. The number of benzene rings is 1. The average molecular weight is 348 g/mol. The van der Waals surface area contributed by atoms with Crippen molar-refractivity contribution in [2.24, 2.45) is 11.8 Å². The number of halogens is 2. The lowest BCUT2D eigenvalue weighted by atomic mass is 9.80. The standard InChI is InChI=1S/C12H16Br2N2/c13-9-4-5-11(14)10(7-9)12(16-15)6-8-2-1-3-8/h4-5,7-8,12,16H,1-3,6,15H2. The van der Waals surface area contributed by atoms with E-state index in [-0.39, 0.29) is 6.04 Å². The van der Waals surface area contributed by atoms with Crippen LogP contribution in [-0.4, -0.2) is 0 Å². The van der Waals surface area contributed by atoms with Crippen LogP contribution in [0.1, 0.15) is 37.3 Å². The molecule has 88 valence electrons. The van der Waals surface area contributed by atoms with E-state index in [2.05, 4.69) is 49.4 Å². The number of hydrazine groups is 1. The summed E-state index contributed by atoms with van der Waals surface area (Å²) in [5.41, 5.74) is 4.17. The second kappa shape index (κ2) is 5.63. The molecule has 0 saturated heterocycles. The predicted octanol–water partition coefficient (Wildman–Crippen LogP) is 3.91. The molecule has 0 aromatic heterocycles. The zero-order valence-corrected chi connectivity index (χ0v) is 12.2. The predicted molar refractivity (Wildman–Crippen MR) is 73.9 cm³/mol. The number of hydrogen-bond donors (Lipinski definition) is 2. The summed E-state index contributed by atoms with van der Waals surface area (Å²) in [5, 5.41) is 0.